The summed E-state index contributed by atoms with van der Waals surface area (Å²) >= 11 is 0. The van der Waals surface area contributed by atoms with Gasteiger partial charge in [-0.1, -0.05) is 112 Å². The SMILES string of the molecule is CC/C=C\C/C=C\C/C=C\C/C=C\CCCCCCC(=O)NC(COP(=O)(O)OCC[N+](C)(C)C)C(O)C(O)CCC/C=C/CC/C=C/CCCCC. The van der Waals surface area contributed by atoms with Gasteiger partial charge < -0.3 is 24.9 Å². The Bertz CT molecular complexity index is 1110. The van der Waals surface area contributed by atoms with E-state index in [1.807, 2.05) is 21.1 Å². The molecule has 0 aliphatic carbocycles. The van der Waals surface area contributed by atoms with E-state index in [1.165, 1.54) is 19.3 Å². The number of hydrogen-bond donors (Lipinski definition) is 4. The zero-order valence-electron chi connectivity index (χ0n) is 34.1. The number of aliphatic hydroxyl groups excluding tert-OH is 2. The lowest BCUT2D eigenvalue weighted by atomic mass is 10.0. The van der Waals surface area contributed by atoms with Crippen LogP contribution in [0.25, 0.3) is 0 Å². The molecule has 0 aromatic rings. The number of nitrogens with one attached hydrogen (secondary N) is 1. The van der Waals surface area contributed by atoms with Gasteiger partial charge in [-0.05, 0) is 89.9 Å². The third-order valence-electron chi connectivity index (χ3n) is 8.51. The number of quaternary nitrogens is 1. The minimum Gasteiger partial charge on any atom is -0.390 e. The number of likely N-dealkylation sites (N-methyl/N-ethyl adjacent to an activating group) is 1. The van der Waals surface area contributed by atoms with E-state index in [0.29, 0.717) is 30.3 Å². The van der Waals surface area contributed by atoms with E-state index in [4.69, 9.17) is 9.05 Å². The Balaban J connectivity index is 4.69. The number of phosphoric acid groups is 1. The van der Waals surface area contributed by atoms with Crippen LogP contribution >= 0.6 is 7.82 Å². The molecule has 9 nitrogen and oxygen atoms in total. The molecule has 4 N–H and O–H groups in total. The van der Waals surface area contributed by atoms with Gasteiger partial charge in [-0.25, -0.2) is 4.57 Å². The third kappa shape index (κ3) is 35.4. The fraction of sp³-hybridized carbons (Fsp3) is 0.698. The Morgan fingerprint density at radius 3 is 1.77 bits per heavy atom. The highest BCUT2D eigenvalue weighted by Crippen LogP contribution is 2.43. The predicted molar refractivity (Wildman–Crippen MR) is 222 cm³/mol. The molecule has 306 valence electrons. The Morgan fingerprint density at radius 2 is 1.19 bits per heavy atom. The number of rotatable bonds is 35. The summed E-state index contributed by atoms with van der Waals surface area (Å²) in [7, 11) is 1.37. The first-order valence-corrected chi connectivity index (χ1v) is 21.9. The molecule has 0 aromatic heterocycles. The van der Waals surface area contributed by atoms with Crippen molar-refractivity contribution in [1.29, 1.82) is 0 Å². The maximum Gasteiger partial charge on any atom is 0.472 e. The van der Waals surface area contributed by atoms with Crippen LogP contribution in [0.15, 0.2) is 72.9 Å². The molecule has 0 heterocycles. The second-order valence-electron chi connectivity index (χ2n) is 14.7. The van der Waals surface area contributed by atoms with Crippen molar-refractivity contribution in [3.05, 3.63) is 72.9 Å². The first kappa shape index (κ1) is 50.9. The van der Waals surface area contributed by atoms with Crippen LogP contribution in [-0.4, -0.2) is 84.6 Å². The highest BCUT2D eigenvalue weighted by atomic mass is 31.2. The molecular weight excluding hydrogens is 687 g/mol. The minimum atomic E-state index is -4.43. The lowest BCUT2D eigenvalue weighted by Crippen LogP contribution is -2.51. The number of phosphoric ester groups is 1. The van der Waals surface area contributed by atoms with Gasteiger partial charge in [0.25, 0.3) is 0 Å². The molecule has 0 spiro atoms. The summed E-state index contributed by atoms with van der Waals surface area (Å²) in [5.74, 6) is -0.301. The molecule has 0 aromatic carbocycles. The lowest BCUT2D eigenvalue weighted by Gasteiger charge is -2.28. The summed E-state index contributed by atoms with van der Waals surface area (Å²) in [6.07, 6.45) is 41.1. The van der Waals surface area contributed by atoms with E-state index in [1.54, 1.807) is 0 Å². The van der Waals surface area contributed by atoms with Crippen molar-refractivity contribution in [2.45, 2.75) is 154 Å². The molecule has 0 rings (SSSR count). The molecule has 1 amide bonds. The monoisotopic (exact) mass is 766 g/mol. The van der Waals surface area contributed by atoms with Gasteiger partial charge in [-0.3, -0.25) is 13.8 Å². The van der Waals surface area contributed by atoms with Gasteiger partial charge in [0.1, 0.15) is 19.3 Å². The molecule has 0 aliphatic heterocycles. The van der Waals surface area contributed by atoms with Crippen molar-refractivity contribution in [3.8, 4) is 0 Å². The van der Waals surface area contributed by atoms with Crippen LogP contribution in [-0.2, 0) is 18.4 Å². The van der Waals surface area contributed by atoms with Crippen LogP contribution in [0.3, 0.4) is 0 Å². The van der Waals surface area contributed by atoms with Gasteiger partial charge in [-0.15, -0.1) is 0 Å². The van der Waals surface area contributed by atoms with Crippen molar-refractivity contribution >= 4 is 13.7 Å². The lowest BCUT2D eigenvalue weighted by molar-refractivity contribution is -0.870. The number of amides is 1. The summed E-state index contributed by atoms with van der Waals surface area (Å²) < 4.78 is 23.4. The molecule has 0 aliphatic rings. The van der Waals surface area contributed by atoms with Gasteiger partial charge >= 0.3 is 7.82 Å². The van der Waals surface area contributed by atoms with E-state index in [0.717, 1.165) is 77.0 Å². The van der Waals surface area contributed by atoms with Crippen LogP contribution in [0.5, 0.6) is 0 Å². The van der Waals surface area contributed by atoms with Crippen LogP contribution in [0, 0.1) is 0 Å². The molecule has 10 heteroatoms. The Morgan fingerprint density at radius 1 is 0.679 bits per heavy atom. The molecule has 4 atom stereocenters. The maximum absolute atomic E-state index is 12.9. The van der Waals surface area contributed by atoms with E-state index in [-0.39, 0.29) is 18.9 Å². The highest BCUT2D eigenvalue weighted by molar-refractivity contribution is 7.47. The topological polar surface area (TPSA) is 125 Å². The number of nitrogens with zero attached hydrogens (tertiary/aromatic N) is 1. The fourth-order valence-corrected chi connectivity index (χ4v) is 5.94. The van der Waals surface area contributed by atoms with E-state index in [2.05, 4.69) is 92.1 Å². The number of aliphatic hydroxyl groups is 2. The molecule has 4 unspecified atom stereocenters. The number of carbonyl (C=O) groups excluding carboxylic acids is 1. The number of carbonyl (C=O) groups is 1. The first-order chi connectivity index (χ1) is 25.4. The van der Waals surface area contributed by atoms with Crippen molar-refractivity contribution < 1.29 is 38.0 Å². The smallest absolute Gasteiger partial charge is 0.390 e. The second-order valence-corrected chi connectivity index (χ2v) is 16.2. The van der Waals surface area contributed by atoms with E-state index >= 15 is 0 Å². The van der Waals surface area contributed by atoms with Crippen molar-refractivity contribution in [2.24, 2.45) is 0 Å². The average Bonchev–Trinajstić information content (AvgIpc) is 3.10. The summed E-state index contributed by atoms with van der Waals surface area (Å²) in [6, 6.07) is -1.07. The Hall–Kier alpha value is -2.10. The zero-order valence-corrected chi connectivity index (χ0v) is 35.0. The molecule has 0 saturated heterocycles. The van der Waals surface area contributed by atoms with Crippen LogP contribution in [0.1, 0.15) is 136 Å². The van der Waals surface area contributed by atoms with Gasteiger partial charge in [0, 0.05) is 6.42 Å². The largest absolute Gasteiger partial charge is 0.472 e. The van der Waals surface area contributed by atoms with Crippen LogP contribution in [0.4, 0.5) is 0 Å². The van der Waals surface area contributed by atoms with Crippen molar-refractivity contribution in [2.75, 3.05) is 40.9 Å². The standard InChI is InChI=1S/C43H77N2O7P/c1-6-8-10-12-14-16-18-20-21-22-23-24-26-28-30-32-34-36-42(47)44-40(39-52-53(49,50)51-38-37-45(3,4)5)43(48)41(46)35-33-31-29-27-25-19-17-15-13-11-9-7-2/h8,10,14-17,20-21,23-24,27,29,40-41,43,46,48H,6-7,9,11-13,18-19,22,25-26,28,30-39H2,1-5H3,(H-,44,47,49,50)/p+1/b10-8-,16-14-,17-15+,21-20-,24-23-,29-27+. The minimum absolute atomic E-state index is 0.00449. The van der Waals surface area contributed by atoms with E-state index in [9.17, 15) is 24.5 Å². The molecular formula is C43H78N2O7P+. The molecule has 53 heavy (non-hydrogen) atoms. The second kappa shape index (κ2) is 34.4. The summed E-state index contributed by atoms with van der Waals surface area (Å²) in [5, 5.41) is 24.5. The molecule has 0 radical (unpaired) electrons. The first-order valence-electron chi connectivity index (χ1n) is 20.4. The zero-order chi connectivity index (χ0) is 39.5. The third-order valence-corrected chi connectivity index (χ3v) is 9.49. The predicted octanol–water partition coefficient (Wildman–Crippen LogP) is 9.82. The highest BCUT2D eigenvalue weighted by Gasteiger charge is 2.31. The summed E-state index contributed by atoms with van der Waals surface area (Å²) in [5.41, 5.74) is 0. The van der Waals surface area contributed by atoms with Gasteiger partial charge in [0.2, 0.25) is 5.91 Å². The number of hydrogen-bond acceptors (Lipinski definition) is 6. The fourth-order valence-electron chi connectivity index (χ4n) is 5.21. The summed E-state index contributed by atoms with van der Waals surface area (Å²) in [4.78, 5) is 23.1. The van der Waals surface area contributed by atoms with Crippen molar-refractivity contribution in [3.63, 3.8) is 0 Å². The molecule has 0 bridgehead atoms. The van der Waals surface area contributed by atoms with Gasteiger partial charge in [0.15, 0.2) is 0 Å². The normalized spacial score (nSPS) is 15.8. The maximum atomic E-state index is 12.9. The number of unbranched alkanes of at least 4 members (excludes halogenated alkanes) is 9. The summed E-state index contributed by atoms with van der Waals surface area (Å²) in [6.45, 7) is 4.37. The van der Waals surface area contributed by atoms with E-state index < -0.39 is 32.7 Å². The Labute approximate surface area is 324 Å². The molecule has 0 fully saturated rings. The number of allylic oxidation sites excluding steroid dienone is 12. The van der Waals surface area contributed by atoms with Crippen molar-refractivity contribution in [1.82, 2.24) is 5.32 Å². The Kier molecular flexibility index (Phi) is 33.0. The van der Waals surface area contributed by atoms with Crippen LogP contribution in [0.2, 0.25) is 0 Å². The van der Waals surface area contributed by atoms with Crippen LogP contribution < -0.4 is 5.32 Å². The quantitative estimate of drug-likeness (QED) is 0.0219. The van der Waals surface area contributed by atoms with Gasteiger partial charge in [-0.2, -0.15) is 0 Å². The average molecular weight is 766 g/mol. The molecule has 0 saturated carbocycles. The van der Waals surface area contributed by atoms with Gasteiger partial charge in [0.05, 0.1) is 39.9 Å².